The lowest BCUT2D eigenvalue weighted by Gasteiger charge is -2.41. The predicted molar refractivity (Wildman–Crippen MR) is 124 cm³/mol. The van der Waals surface area contributed by atoms with Crippen molar-refractivity contribution in [2.45, 2.75) is 44.0 Å². The third-order valence-electron chi connectivity index (χ3n) is 7.13. The highest BCUT2D eigenvalue weighted by Gasteiger charge is 2.47. The molecule has 3 aliphatic rings. The first-order valence-corrected chi connectivity index (χ1v) is 11.5. The number of ketones is 1. The molecule has 0 saturated carbocycles. The van der Waals surface area contributed by atoms with Gasteiger partial charge in [-0.25, -0.2) is 0 Å². The van der Waals surface area contributed by atoms with Crippen LogP contribution in [0.25, 0.3) is 10.9 Å². The number of carbonyl (C=O) groups is 1. The van der Waals surface area contributed by atoms with E-state index in [4.69, 9.17) is 24.7 Å². The number of ether oxygens (including phenoxy) is 4. The average Bonchev–Trinajstić information content (AvgIpc) is 3.36. The highest BCUT2D eigenvalue weighted by Crippen LogP contribution is 2.50. The molecule has 6 rings (SSSR count). The summed E-state index contributed by atoms with van der Waals surface area (Å²) in [5.74, 6) is 0.177. The van der Waals surface area contributed by atoms with E-state index in [0.29, 0.717) is 32.1 Å². The van der Waals surface area contributed by atoms with Crippen molar-refractivity contribution in [1.29, 1.82) is 0 Å². The molecule has 0 amide bonds. The standard InChI is InChI=1S/C26H28N2O5/c1-25(2)32-14-17(33-25)13-31-16-4-6-18-20(12-16)26(7-9-30-10-8-26)24-22(23(18)29)19-5-3-15(27)11-21(19)28-24/h3-6,11-12,17,28H,7-10,13-14,27H2,1-2H3/t17-/m0/s1. The molecule has 1 aromatic heterocycles. The first-order chi connectivity index (χ1) is 15.9. The molecule has 1 atom stereocenters. The summed E-state index contributed by atoms with van der Waals surface area (Å²) in [6.07, 6.45) is 1.46. The van der Waals surface area contributed by atoms with Gasteiger partial charge < -0.3 is 29.7 Å². The van der Waals surface area contributed by atoms with Crippen molar-refractivity contribution in [2.75, 3.05) is 32.2 Å². The summed E-state index contributed by atoms with van der Waals surface area (Å²) in [5.41, 5.74) is 10.7. The van der Waals surface area contributed by atoms with E-state index in [1.807, 2.05) is 50.2 Å². The van der Waals surface area contributed by atoms with Crippen molar-refractivity contribution < 1.29 is 23.7 Å². The van der Waals surface area contributed by atoms with Gasteiger partial charge in [0.2, 0.25) is 0 Å². The van der Waals surface area contributed by atoms with E-state index in [0.717, 1.165) is 51.9 Å². The molecule has 3 N–H and O–H groups in total. The number of hydrogen-bond donors (Lipinski definition) is 2. The van der Waals surface area contributed by atoms with Crippen LogP contribution in [0, 0.1) is 0 Å². The maximum Gasteiger partial charge on any atom is 0.195 e. The maximum absolute atomic E-state index is 13.7. The molecule has 2 aromatic carbocycles. The molecule has 2 saturated heterocycles. The number of anilines is 1. The minimum atomic E-state index is -0.585. The van der Waals surface area contributed by atoms with E-state index >= 15 is 0 Å². The number of aromatic nitrogens is 1. The van der Waals surface area contributed by atoms with Gasteiger partial charge in [0.25, 0.3) is 0 Å². The normalized spacial score (nSPS) is 23.0. The van der Waals surface area contributed by atoms with Gasteiger partial charge in [0.05, 0.1) is 12.2 Å². The zero-order chi connectivity index (χ0) is 22.8. The fourth-order valence-electron chi connectivity index (χ4n) is 5.56. The van der Waals surface area contributed by atoms with E-state index in [-0.39, 0.29) is 17.3 Å². The zero-order valence-corrected chi connectivity index (χ0v) is 18.9. The monoisotopic (exact) mass is 448 g/mol. The minimum Gasteiger partial charge on any atom is -0.491 e. The molecular weight excluding hydrogens is 420 g/mol. The van der Waals surface area contributed by atoms with Crippen molar-refractivity contribution in [3.8, 4) is 5.75 Å². The molecule has 1 aliphatic carbocycles. The van der Waals surface area contributed by atoms with Crippen molar-refractivity contribution in [2.24, 2.45) is 0 Å². The van der Waals surface area contributed by atoms with Gasteiger partial charge in [0.1, 0.15) is 18.5 Å². The highest BCUT2D eigenvalue weighted by atomic mass is 16.7. The summed E-state index contributed by atoms with van der Waals surface area (Å²) >= 11 is 0. The number of nitrogens with two attached hydrogens (primary N) is 1. The lowest BCUT2D eigenvalue weighted by Crippen LogP contribution is -2.40. The Balaban J connectivity index is 1.42. The third-order valence-corrected chi connectivity index (χ3v) is 7.13. The van der Waals surface area contributed by atoms with Crippen molar-refractivity contribution >= 4 is 22.4 Å². The lowest BCUT2D eigenvalue weighted by atomic mass is 9.64. The smallest absolute Gasteiger partial charge is 0.195 e. The van der Waals surface area contributed by atoms with Gasteiger partial charge in [-0.1, -0.05) is 6.07 Å². The second kappa shape index (κ2) is 7.32. The maximum atomic E-state index is 13.7. The van der Waals surface area contributed by atoms with E-state index in [1.54, 1.807) is 0 Å². The van der Waals surface area contributed by atoms with E-state index in [2.05, 4.69) is 4.98 Å². The van der Waals surface area contributed by atoms with Crippen molar-refractivity contribution in [1.82, 2.24) is 4.98 Å². The number of H-pyrrole nitrogens is 1. The largest absolute Gasteiger partial charge is 0.491 e. The second-order valence-electron chi connectivity index (χ2n) is 9.67. The van der Waals surface area contributed by atoms with E-state index in [1.165, 1.54) is 0 Å². The summed E-state index contributed by atoms with van der Waals surface area (Å²) in [7, 11) is 0. The Labute approximate surface area is 192 Å². The molecular formula is C26H28N2O5. The van der Waals surface area contributed by atoms with Crippen LogP contribution in [0.1, 0.15) is 53.9 Å². The fourth-order valence-corrected chi connectivity index (χ4v) is 5.56. The molecule has 33 heavy (non-hydrogen) atoms. The van der Waals surface area contributed by atoms with Crippen LogP contribution in [-0.2, 0) is 19.6 Å². The van der Waals surface area contributed by atoms with Gasteiger partial charge in [-0.2, -0.15) is 0 Å². The summed E-state index contributed by atoms with van der Waals surface area (Å²) < 4.78 is 23.3. The van der Waals surface area contributed by atoms with Crippen molar-refractivity contribution in [3.63, 3.8) is 0 Å². The number of benzene rings is 2. The Hall–Kier alpha value is -2.87. The van der Waals surface area contributed by atoms with Gasteiger partial charge in [0.15, 0.2) is 11.6 Å². The van der Waals surface area contributed by atoms with E-state index in [9.17, 15) is 4.79 Å². The van der Waals surface area contributed by atoms with Gasteiger partial charge in [-0.05, 0) is 62.6 Å². The van der Waals surface area contributed by atoms with Gasteiger partial charge in [0, 0.05) is 46.5 Å². The molecule has 172 valence electrons. The number of nitrogens with one attached hydrogen (secondary N) is 1. The Bertz CT molecular complexity index is 1260. The summed E-state index contributed by atoms with van der Waals surface area (Å²) in [6.45, 7) is 5.97. The predicted octanol–water partition coefficient (Wildman–Crippen LogP) is 3.92. The third kappa shape index (κ3) is 3.26. The number of rotatable bonds is 3. The molecule has 3 heterocycles. The highest BCUT2D eigenvalue weighted by molar-refractivity contribution is 6.20. The molecule has 2 aliphatic heterocycles. The number of fused-ring (bicyclic) bond motifs is 6. The summed E-state index contributed by atoms with van der Waals surface area (Å²) in [4.78, 5) is 17.2. The number of aromatic amines is 1. The summed E-state index contributed by atoms with van der Waals surface area (Å²) in [5, 5.41) is 0.919. The first kappa shape index (κ1) is 20.7. The quantitative estimate of drug-likeness (QED) is 0.590. The SMILES string of the molecule is CC1(C)OC[C@H](COc2ccc3c(c2)C2(CCOCC2)c2[nH]c4cc(N)ccc4c2C3=O)O1. The molecule has 7 nitrogen and oxygen atoms in total. The Morgan fingerprint density at radius 3 is 2.73 bits per heavy atom. The minimum absolute atomic E-state index is 0.0361. The fraction of sp³-hybridized carbons (Fsp3) is 0.423. The molecule has 1 spiro atoms. The second-order valence-corrected chi connectivity index (χ2v) is 9.67. The molecule has 2 fully saturated rings. The van der Waals surface area contributed by atoms with Crippen LogP contribution >= 0.6 is 0 Å². The Kier molecular flexibility index (Phi) is 4.59. The summed E-state index contributed by atoms with van der Waals surface area (Å²) in [6, 6.07) is 11.5. The Morgan fingerprint density at radius 1 is 1.15 bits per heavy atom. The topological polar surface area (TPSA) is 95.8 Å². The van der Waals surface area contributed by atoms with Gasteiger partial charge in [-0.15, -0.1) is 0 Å². The number of nitrogen functional groups attached to an aromatic ring is 1. The van der Waals surface area contributed by atoms with Crippen LogP contribution < -0.4 is 10.5 Å². The Morgan fingerprint density at radius 2 is 1.97 bits per heavy atom. The van der Waals surface area contributed by atoms with Crippen LogP contribution in [0.15, 0.2) is 36.4 Å². The molecule has 3 aromatic rings. The average molecular weight is 449 g/mol. The molecule has 0 bridgehead atoms. The number of hydrogen-bond acceptors (Lipinski definition) is 6. The van der Waals surface area contributed by atoms with Crippen LogP contribution in [0.2, 0.25) is 0 Å². The van der Waals surface area contributed by atoms with Crippen molar-refractivity contribution in [3.05, 3.63) is 58.8 Å². The molecule has 7 heteroatoms. The van der Waals surface area contributed by atoms with E-state index < -0.39 is 5.79 Å². The molecule has 0 radical (unpaired) electrons. The van der Waals surface area contributed by atoms with Gasteiger partial charge in [-0.3, -0.25) is 4.79 Å². The first-order valence-electron chi connectivity index (χ1n) is 11.5. The van der Waals surface area contributed by atoms with Crippen LogP contribution in [-0.4, -0.2) is 49.1 Å². The lowest BCUT2D eigenvalue weighted by molar-refractivity contribution is -0.141. The zero-order valence-electron chi connectivity index (χ0n) is 18.9. The molecule has 0 unspecified atom stereocenters. The van der Waals surface area contributed by atoms with Gasteiger partial charge >= 0.3 is 0 Å². The van der Waals surface area contributed by atoms with Crippen LogP contribution in [0.3, 0.4) is 0 Å². The van der Waals surface area contributed by atoms with Crippen LogP contribution in [0.4, 0.5) is 5.69 Å². The number of carbonyl (C=O) groups excluding carboxylic acids is 1. The van der Waals surface area contributed by atoms with Crippen LogP contribution in [0.5, 0.6) is 5.75 Å².